The van der Waals surface area contributed by atoms with Crippen LogP contribution in [-0.4, -0.2) is 0 Å². The van der Waals surface area contributed by atoms with Gasteiger partial charge in [0.05, 0.1) is 0 Å². The van der Waals surface area contributed by atoms with Crippen molar-refractivity contribution in [3.63, 3.8) is 0 Å². The van der Waals surface area contributed by atoms with Crippen LogP contribution >= 0.6 is 0 Å². The Bertz CT molecular complexity index is 248. The lowest BCUT2D eigenvalue weighted by molar-refractivity contribution is 0.590. The predicted octanol–water partition coefficient (Wildman–Crippen LogP) is 3.75. The van der Waals surface area contributed by atoms with Gasteiger partial charge in [-0.1, -0.05) is 52.0 Å². The Labute approximate surface area is 82.0 Å². The summed E-state index contributed by atoms with van der Waals surface area (Å²) in [6.45, 7) is 8.83. The molecule has 0 aliphatic heterocycles. The van der Waals surface area contributed by atoms with Crippen LogP contribution in [0.2, 0.25) is 0 Å². The summed E-state index contributed by atoms with van der Waals surface area (Å²) >= 11 is 0. The summed E-state index contributed by atoms with van der Waals surface area (Å²) in [5, 5.41) is 0. The average Bonchev–Trinajstić information content (AvgIpc) is 2.04. The first-order chi connectivity index (χ1) is 6.04. The van der Waals surface area contributed by atoms with E-state index in [0.29, 0.717) is 0 Å². The zero-order valence-electron chi connectivity index (χ0n) is 9.09. The maximum atomic E-state index is 2.24. The first-order valence-corrected chi connectivity index (χ1v) is 4.91. The van der Waals surface area contributed by atoms with Gasteiger partial charge in [-0.15, -0.1) is 0 Å². The Morgan fingerprint density at radius 2 is 1.62 bits per heavy atom. The van der Waals surface area contributed by atoms with Crippen LogP contribution in [0.25, 0.3) is 0 Å². The number of hydrogen-bond donors (Lipinski definition) is 0. The molecule has 0 saturated carbocycles. The van der Waals surface area contributed by atoms with Gasteiger partial charge in [-0.05, 0) is 29.4 Å². The van der Waals surface area contributed by atoms with E-state index in [4.69, 9.17) is 0 Å². The number of hydrogen-bond acceptors (Lipinski definition) is 0. The molecule has 0 fully saturated rings. The molecule has 13 heavy (non-hydrogen) atoms. The standard InChI is InChI=1S/C13H19/c1-5-6-11-7-9-12(10-8-11)13(2,3)4/h5,7-10H,6H2,1-4H3. The summed E-state index contributed by atoms with van der Waals surface area (Å²) in [5.74, 6) is 0. The second-order valence-corrected chi connectivity index (χ2v) is 4.56. The van der Waals surface area contributed by atoms with E-state index in [1.54, 1.807) is 0 Å². The first kappa shape index (κ1) is 10.3. The third-order valence-corrected chi connectivity index (χ3v) is 2.26. The van der Waals surface area contributed by atoms with Gasteiger partial charge in [0.2, 0.25) is 0 Å². The van der Waals surface area contributed by atoms with Crippen LogP contribution in [0.4, 0.5) is 0 Å². The number of rotatable bonds is 2. The summed E-state index contributed by atoms with van der Waals surface area (Å²) in [6, 6.07) is 8.92. The van der Waals surface area contributed by atoms with Crippen molar-refractivity contribution >= 4 is 0 Å². The minimum atomic E-state index is 0.272. The molecule has 1 aromatic rings. The fourth-order valence-electron chi connectivity index (χ4n) is 1.38. The zero-order chi connectivity index (χ0) is 9.90. The van der Waals surface area contributed by atoms with Crippen LogP contribution in [0.5, 0.6) is 0 Å². The second-order valence-electron chi connectivity index (χ2n) is 4.56. The van der Waals surface area contributed by atoms with E-state index in [1.807, 2.05) is 0 Å². The molecule has 0 heteroatoms. The van der Waals surface area contributed by atoms with Crippen molar-refractivity contribution in [2.75, 3.05) is 0 Å². The quantitative estimate of drug-likeness (QED) is 0.642. The van der Waals surface area contributed by atoms with Gasteiger partial charge in [-0.25, -0.2) is 0 Å². The fourth-order valence-corrected chi connectivity index (χ4v) is 1.38. The Kier molecular flexibility index (Phi) is 3.13. The van der Waals surface area contributed by atoms with Crippen molar-refractivity contribution in [2.24, 2.45) is 0 Å². The highest BCUT2D eigenvalue weighted by atomic mass is 14.2. The summed E-state index contributed by atoms with van der Waals surface area (Å²) in [4.78, 5) is 0. The zero-order valence-corrected chi connectivity index (χ0v) is 9.09. The molecule has 0 atom stereocenters. The van der Waals surface area contributed by atoms with E-state index in [9.17, 15) is 0 Å². The fraction of sp³-hybridized carbons (Fsp3) is 0.462. The normalized spacial score (nSPS) is 11.7. The van der Waals surface area contributed by atoms with Crippen molar-refractivity contribution < 1.29 is 0 Å². The summed E-state index contributed by atoms with van der Waals surface area (Å²) in [7, 11) is 0. The van der Waals surface area contributed by atoms with E-state index < -0.39 is 0 Å². The van der Waals surface area contributed by atoms with Crippen LogP contribution < -0.4 is 0 Å². The van der Waals surface area contributed by atoms with Crippen LogP contribution in [0.3, 0.4) is 0 Å². The molecule has 0 aliphatic carbocycles. The largest absolute Gasteiger partial charge is 0.0619 e. The maximum absolute atomic E-state index is 2.24. The number of benzene rings is 1. The SMILES string of the molecule is C[CH]Cc1ccc(C(C)(C)C)cc1. The lowest BCUT2D eigenvalue weighted by Gasteiger charge is -2.19. The van der Waals surface area contributed by atoms with Gasteiger partial charge < -0.3 is 0 Å². The van der Waals surface area contributed by atoms with Gasteiger partial charge in [0.25, 0.3) is 0 Å². The van der Waals surface area contributed by atoms with E-state index in [2.05, 4.69) is 58.4 Å². The molecule has 0 saturated heterocycles. The molecule has 0 amide bonds. The third kappa shape index (κ3) is 2.87. The van der Waals surface area contributed by atoms with E-state index in [0.717, 1.165) is 6.42 Å². The molecule has 0 spiro atoms. The molecular formula is C13H19. The van der Waals surface area contributed by atoms with Crippen LogP contribution in [-0.2, 0) is 11.8 Å². The molecule has 0 N–H and O–H groups in total. The Morgan fingerprint density at radius 3 is 2.00 bits per heavy atom. The highest BCUT2D eigenvalue weighted by Gasteiger charge is 2.12. The highest BCUT2D eigenvalue weighted by Crippen LogP contribution is 2.22. The van der Waals surface area contributed by atoms with Crippen LogP contribution in [0, 0.1) is 6.42 Å². The Morgan fingerprint density at radius 1 is 1.08 bits per heavy atom. The van der Waals surface area contributed by atoms with Gasteiger partial charge in [-0.2, -0.15) is 0 Å². The average molecular weight is 175 g/mol. The van der Waals surface area contributed by atoms with Gasteiger partial charge in [-0.3, -0.25) is 0 Å². The highest BCUT2D eigenvalue weighted by molar-refractivity contribution is 5.28. The minimum absolute atomic E-state index is 0.272. The lowest BCUT2D eigenvalue weighted by atomic mass is 9.86. The molecule has 0 bridgehead atoms. The predicted molar refractivity (Wildman–Crippen MR) is 58.8 cm³/mol. The third-order valence-electron chi connectivity index (χ3n) is 2.26. The van der Waals surface area contributed by atoms with E-state index in [1.165, 1.54) is 11.1 Å². The van der Waals surface area contributed by atoms with E-state index >= 15 is 0 Å². The van der Waals surface area contributed by atoms with Crippen LogP contribution in [0.15, 0.2) is 24.3 Å². The summed E-state index contributed by atoms with van der Waals surface area (Å²) in [5.41, 5.74) is 3.08. The monoisotopic (exact) mass is 175 g/mol. The summed E-state index contributed by atoms with van der Waals surface area (Å²) < 4.78 is 0. The van der Waals surface area contributed by atoms with Gasteiger partial charge in [0.15, 0.2) is 0 Å². The Hall–Kier alpha value is -0.780. The molecule has 0 nitrogen and oxygen atoms in total. The van der Waals surface area contributed by atoms with Crippen LogP contribution in [0.1, 0.15) is 38.8 Å². The lowest BCUT2D eigenvalue weighted by Crippen LogP contribution is -2.10. The van der Waals surface area contributed by atoms with Crippen molar-refractivity contribution in [1.82, 2.24) is 0 Å². The maximum Gasteiger partial charge on any atom is -0.0132 e. The molecule has 0 heterocycles. The van der Waals surface area contributed by atoms with Crippen molar-refractivity contribution in [3.05, 3.63) is 41.8 Å². The van der Waals surface area contributed by atoms with E-state index in [-0.39, 0.29) is 5.41 Å². The van der Waals surface area contributed by atoms with Gasteiger partial charge >= 0.3 is 0 Å². The molecule has 0 aliphatic rings. The van der Waals surface area contributed by atoms with Crippen molar-refractivity contribution in [2.45, 2.75) is 39.5 Å². The first-order valence-electron chi connectivity index (χ1n) is 4.91. The van der Waals surface area contributed by atoms with Crippen molar-refractivity contribution in [1.29, 1.82) is 0 Å². The molecule has 1 rings (SSSR count). The van der Waals surface area contributed by atoms with Gasteiger partial charge in [0, 0.05) is 0 Å². The molecular weight excluding hydrogens is 156 g/mol. The van der Waals surface area contributed by atoms with Gasteiger partial charge in [0.1, 0.15) is 0 Å². The minimum Gasteiger partial charge on any atom is -0.0619 e. The molecule has 0 aromatic heterocycles. The van der Waals surface area contributed by atoms with Crippen molar-refractivity contribution in [3.8, 4) is 0 Å². The molecule has 1 radical (unpaired) electrons. The molecule has 71 valence electrons. The Balaban J connectivity index is 2.81. The molecule has 1 aromatic carbocycles. The topological polar surface area (TPSA) is 0 Å². The second kappa shape index (κ2) is 3.95. The smallest absolute Gasteiger partial charge is 0.0132 e. The summed E-state index contributed by atoms with van der Waals surface area (Å²) in [6.07, 6.45) is 3.26. The molecule has 0 unspecified atom stereocenters.